The van der Waals surface area contributed by atoms with Gasteiger partial charge in [-0.3, -0.25) is 14.4 Å². The molecular weight excluding hydrogens is 490 g/mol. The van der Waals surface area contributed by atoms with Gasteiger partial charge in [-0.2, -0.15) is 0 Å². The average Bonchev–Trinajstić information content (AvgIpc) is 2.93. The summed E-state index contributed by atoms with van der Waals surface area (Å²) < 4.78 is 5.95. The Balaban J connectivity index is 1.30. The van der Waals surface area contributed by atoms with Crippen LogP contribution in [0.25, 0.3) is 11.1 Å². The molecule has 2 unspecified atom stereocenters. The predicted octanol–water partition coefficient (Wildman–Crippen LogP) is 6.04. The van der Waals surface area contributed by atoms with Crippen molar-refractivity contribution in [2.24, 2.45) is 11.8 Å². The van der Waals surface area contributed by atoms with Gasteiger partial charge in [-0.05, 0) is 58.5 Å². The van der Waals surface area contributed by atoms with Gasteiger partial charge in [0, 0.05) is 23.9 Å². The number of benzene rings is 4. The molecule has 4 aromatic rings. The van der Waals surface area contributed by atoms with Gasteiger partial charge in [-0.25, -0.2) is 0 Å². The highest BCUT2D eigenvalue weighted by Crippen LogP contribution is 2.58. The number of carbonyl (C=O) groups excluding carboxylic acids is 2. The third-order valence-corrected chi connectivity index (χ3v) is 7.86. The highest BCUT2D eigenvalue weighted by atomic mass is 16.5. The van der Waals surface area contributed by atoms with E-state index >= 15 is 0 Å². The molecule has 0 saturated heterocycles. The minimum Gasteiger partial charge on any atom is -0.481 e. The van der Waals surface area contributed by atoms with Crippen molar-refractivity contribution in [1.29, 1.82) is 0 Å². The van der Waals surface area contributed by atoms with Crippen LogP contribution in [0.1, 0.15) is 34.9 Å². The minimum atomic E-state index is -0.924. The standard InChI is InChI=1S/C33H27NO5/c35-27-17-15-24-18-23(14-16-26(24)34-27)22-12-7-13-25(19-22)39-33(38)31-28(20-8-3-1-4-9-20)30(32(36)37)29(31)21-10-5-2-6-11-21/h1-14,16,18-19,28-31H,15,17H2,(H,34,35)(H,36,37)/t28-,29?,30?,31-/m0/s1. The molecule has 6 heteroatoms. The van der Waals surface area contributed by atoms with Crippen molar-refractivity contribution in [3.8, 4) is 16.9 Å². The lowest BCUT2D eigenvalue weighted by Gasteiger charge is -2.48. The first-order valence-corrected chi connectivity index (χ1v) is 13.1. The van der Waals surface area contributed by atoms with Crippen molar-refractivity contribution >= 4 is 23.5 Å². The van der Waals surface area contributed by atoms with E-state index in [4.69, 9.17) is 4.74 Å². The topological polar surface area (TPSA) is 92.7 Å². The molecule has 0 spiro atoms. The van der Waals surface area contributed by atoms with Gasteiger partial charge in [-0.15, -0.1) is 0 Å². The highest BCUT2D eigenvalue weighted by molar-refractivity contribution is 5.94. The lowest BCUT2D eigenvalue weighted by atomic mass is 9.52. The fourth-order valence-corrected chi connectivity index (χ4v) is 6.01. The Hall–Kier alpha value is -4.71. The van der Waals surface area contributed by atoms with Gasteiger partial charge in [0.1, 0.15) is 5.75 Å². The summed E-state index contributed by atoms with van der Waals surface area (Å²) in [5, 5.41) is 13.1. The molecule has 2 N–H and O–H groups in total. The van der Waals surface area contributed by atoms with E-state index in [-0.39, 0.29) is 5.91 Å². The van der Waals surface area contributed by atoms with Crippen LogP contribution in [0.2, 0.25) is 0 Å². The van der Waals surface area contributed by atoms with Crippen LogP contribution < -0.4 is 10.1 Å². The fraction of sp³-hybridized carbons (Fsp3) is 0.182. The van der Waals surface area contributed by atoms with Gasteiger partial charge in [0.05, 0.1) is 11.8 Å². The van der Waals surface area contributed by atoms with E-state index in [1.54, 1.807) is 6.07 Å². The molecule has 6 nitrogen and oxygen atoms in total. The maximum Gasteiger partial charge on any atom is 0.315 e. The van der Waals surface area contributed by atoms with Crippen molar-refractivity contribution in [1.82, 2.24) is 0 Å². The summed E-state index contributed by atoms with van der Waals surface area (Å²) in [5.74, 6) is -3.33. The number of carboxylic acid groups (broad SMARTS) is 1. The average molecular weight is 518 g/mol. The first-order valence-electron chi connectivity index (χ1n) is 13.1. The first kappa shape index (κ1) is 24.6. The number of hydrogen-bond donors (Lipinski definition) is 2. The molecule has 194 valence electrons. The van der Waals surface area contributed by atoms with Crippen LogP contribution in [-0.2, 0) is 20.8 Å². The SMILES string of the molecule is O=C1CCc2cc(-c3cccc(OC(=O)[C@@H]4C(c5ccccc5)C(C(=O)O)[C@@H]4c4ccccc4)c3)ccc2N1. The molecule has 1 aliphatic carbocycles. The van der Waals surface area contributed by atoms with Crippen LogP contribution in [0.15, 0.2) is 103 Å². The Morgan fingerprint density at radius 1 is 0.718 bits per heavy atom. The van der Waals surface area contributed by atoms with Gasteiger partial charge in [0.15, 0.2) is 0 Å². The molecule has 0 bridgehead atoms. The van der Waals surface area contributed by atoms with E-state index in [1.165, 1.54) is 0 Å². The van der Waals surface area contributed by atoms with Crippen LogP contribution in [0, 0.1) is 11.8 Å². The molecule has 6 rings (SSSR count). The van der Waals surface area contributed by atoms with E-state index in [0.29, 0.717) is 18.6 Å². The molecule has 0 aromatic heterocycles. The van der Waals surface area contributed by atoms with E-state index in [0.717, 1.165) is 33.5 Å². The van der Waals surface area contributed by atoms with Crippen molar-refractivity contribution in [2.45, 2.75) is 24.7 Å². The van der Waals surface area contributed by atoms with Crippen molar-refractivity contribution < 1.29 is 24.2 Å². The second-order valence-corrected chi connectivity index (χ2v) is 10.1. The molecule has 1 aliphatic heterocycles. The molecule has 39 heavy (non-hydrogen) atoms. The number of carboxylic acids is 1. The number of aryl methyl sites for hydroxylation is 1. The quantitative estimate of drug-likeness (QED) is 0.240. The molecule has 4 aromatic carbocycles. The van der Waals surface area contributed by atoms with Crippen LogP contribution in [0.3, 0.4) is 0 Å². The third-order valence-electron chi connectivity index (χ3n) is 7.86. The number of ether oxygens (including phenoxy) is 1. The van der Waals surface area contributed by atoms with E-state index in [2.05, 4.69) is 11.4 Å². The molecule has 2 aliphatic rings. The Morgan fingerprint density at radius 3 is 2.00 bits per heavy atom. The normalized spacial score (nSPS) is 21.7. The number of nitrogens with one attached hydrogen (secondary N) is 1. The fourth-order valence-electron chi connectivity index (χ4n) is 6.01. The monoisotopic (exact) mass is 517 g/mol. The van der Waals surface area contributed by atoms with Crippen molar-refractivity contribution in [2.75, 3.05) is 5.32 Å². The minimum absolute atomic E-state index is 0.0212. The van der Waals surface area contributed by atoms with Gasteiger partial charge in [-0.1, -0.05) is 78.9 Å². The zero-order chi connectivity index (χ0) is 26.9. The number of rotatable bonds is 6. The molecule has 1 heterocycles. The number of fused-ring (bicyclic) bond motifs is 1. The summed E-state index contributed by atoms with van der Waals surface area (Å²) >= 11 is 0. The predicted molar refractivity (Wildman–Crippen MR) is 147 cm³/mol. The molecule has 1 fully saturated rings. The van der Waals surface area contributed by atoms with E-state index in [9.17, 15) is 19.5 Å². The smallest absolute Gasteiger partial charge is 0.315 e. The third kappa shape index (κ3) is 4.70. The maximum atomic E-state index is 13.7. The largest absolute Gasteiger partial charge is 0.481 e. The summed E-state index contributed by atoms with van der Waals surface area (Å²) in [6, 6.07) is 31.9. The number of carbonyl (C=O) groups is 3. The van der Waals surface area contributed by atoms with Crippen LogP contribution in [0.4, 0.5) is 5.69 Å². The summed E-state index contributed by atoms with van der Waals surface area (Å²) in [5.41, 5.74) is 5.37. The number of anilines is 1. The van der Waals surface area contributed by atoms with Crippen molar-refractivity contribution in [3.05, 3.63) is 120 Å². The summed E-state index contributed by atoms with van der Waals surface area (Å²) in [4.78, 5) is 37.9. The Kier molecular flexibility index (Phi) is 6.45. The zero-order valence-corrected chi connectivity index (χ0v) is 21.1. The summed E-state index contributed by atoms with van der Waals surface area (Å²) in [6.45, 7) is 0. The van der Waals surface area contributed by atoms with Gasteiger partial charge < -0.3 is 15.2 Å². The Morgan fingerprint density at radius 2 is 1.36 bits per heavy atom. The Bertz CT molecular complexity index is 1500. The van der Waals surface area contributed by atoms with Crippen LogP contribution >= 0.6 is 0 Å². The number of hydrogen-bond acceptors (Lipinski definition) is 4. The van der Waals surface area contributed by atoms with Crippen LogP contribution in [-0.4, -0.2) is 23.0 Å². The Labute approximate surface area is 226 Å². The molecular formula is C33H27NO5. The van der Waals surface area contributed by atoms with E-state index in [1.807, 2.05) is 91.0 Å². The molecule has 1 saturated carbocycles. The summed E-state index contributed by atoms with van der Waals surface area (Å²) in [7, 11) is 0. The summed E-state index contributed by atoms with van der Waals surface area (Å²) in [6.07, 6.45) is 1.13. The second kappa shape index (κ2) is 10.2. The van der Waals surface area contributed by atoms with Gasteiger partial charge >= 0.3 is 11.9 Å². The molecule has 1 amide bonds. The molecule has 4 atom stereocenters. The number of amides is 1. The number of aliphatic carboxylic acids is 1. The second-order valence-electron chi connectivity index (χ2n) is 10.1. The van der Waals surface area contributed by atoms with Gasteiger partial charge in [0.25, 0.3) is 0 Å². The zero-order valence-electron chi connectivity index (χ0n) is 21.1. The van der Waals surface area contributed by atoms with Crippen molar-refractivity contribution in [3.63, 3.8) is 0 Å². The lowest BCUT2D eigenvalue weighted by molar-refractivity contribution is -0.158. The molecule has 0 radical (unpaired) electrons. The van der Waals surface area contributed by atoms with Gasteiger partial charge in [0.2, 0.25) is 5.91 Å². The highest BCUT2D eigenvalue weighted by Gasteiger charge is 2.59. The van der Waals surface area contributed by atoms with Crippen LogP contribution in [0.5, 0.6) is 5.75 Å². The number of esters is 1. The van der Waals surface area contributed by atoms with E-state index < -0.39 is 35.6 Å². The lowest BCUT2D eigenvalue weighted by Crippen LogP contribution is -2.52. The first-order chi connectivity index (χ1) is 19.0. The maximum absolute atomic E-state index is 13.7.